The molecule has 2 aliphatic carbocycles. The molecule has 6 heteroatoms. The van der Waals surface area contributed by atoms with Crippen LogP contribution in [-0.4, -0.2) is 40.1 Å². The van der Waals surface area contributed by atoms with E-state index in [1.165, 1.54) is 31.2 Å². The second-order valence-corrected chi connectivity index (χ2v) is 10.0. The van der Waals surface area contributed by atoms with Crippen molar-refractivity contribution in [1.82, 2.24) is 20.4 Å². The number of hydrogen-bond donors (Lipinski definition) is 1. The van der Waals surface area contributed by atoms with Gasteiger partial charge in [-0.3, -0.25) is 9.69 Å². The van der Waals surface area contributed by atoms with Gasteiger partial charge in [0.2, 0.25) is 11.8 Å². The van der Waals surface area contributed by atoms with Gasteiger partial charge in [0.25, 0.3) is 0 Å². The second-order valence-electron chi connectivity index (χ2n) is 10.0. The first-order chi connectivity index (χ1) is 15.1. The summed E-state index contributed by atoms with van der Waals surface area (Å²) in [4.78, 5) is 19.8. The minimum atomic E-state index is -0.153. The minimum Gasteiger partial charge on any atom is -0.353 e. The number of nitrogens with zero attached hydrogens (tertiary/aromatic N) is 3. The Hall–Kier alpha value is -2.21. The molecule has 3 aliphatic rings. The van der Waals surface area contributed by atoms with Crippen molar-refractivity contribution < 1.29 is 9.32 Å². The van der Waals surface area contributed by atoms with Crippen LogP contribution in [-0.2, 0) is 16.8 Å². The molecular formula is C25H34N4O2. The van der Waals surface area contributed by atoms with E-state index in [4.69, 9.17) is 4.52 Å². The maximum Gasteiger partial charge on any atom is 0.234 e. The van der Waals surface area contributed by atoms with Crippen molar-refractivity contribution in [2.75, 3.05) is 13.1 Å². The lowest BCUT2D eigenvalue weighted by atomic mass is 9.80. The quantitative estimate of drug-likeness (QED) is 0.730. The monoisotopic (exact) mass is 422 g/mol. The van der Waals surface area contributed by atoms with Crippen LogP contribution in [0.5, 0.6) is 0 Å². The SMILES string of the molecule is Cc1noc(C23CC(NC(=O)CCC4CCCC4)CC2CN(Cc2ccccc2)C3)n1. The van der Waals surface area contributed by atoms with Crippen LogP contribution in [0, 0.1) is 18.8 Å². The number of benzene rings is 1. The van der Waals surface area contributed by atoms with Gasteiger partial charge in [-0.05, 0) is 43.6 Å². The maximum atomic E-state index is 12.7. The van der Waals surface area contributed by atoms with Crippen LogP contribution >= 0.6 is 0 Å². The topological polar surface area (TPSA) is 71.3 Å². The normalized spacial score (nSPS) is 28.8. The van der Waals surface area contributed by atoms with Crippen molar-refractivity contribution in [3.8, 4) is 0 Å². The molecule has 3 unspecified atom stereocenters. The number of hydrogen-bond acceptors (Lipinski definition) is 5. The Morgan fingerprint density at radius 2 is 2.06 bits per heavy atom. The number of carbonyl (C=O) groups excluding carboxylic acids is 1. The molecule has 31 heavy (non-hydrogen) atoms. The molecule has 0 spiro atoms. The van der Waals surface area contributed by atoms with Crippen molar-refractivity contribution in [3.05, 3.63) is 47.6 Å². The van der Waals surface area contributed by atoms with E-state index in [0.717, 1.165) is 50.7 Å². The van der Waals surface area contributed by atoms with E-state index in [1.807, 2.05) is 6.92 Å². The molecule has 2 aromatic rings. The largest absolute Gasteiger partial charge is 0.353 e. The minimum absolute atomic E-state index is 0.153. The molecule has 0 radical (unpaired) electrons. The van der Waals surface area contributed by atoms with Crippen LogP contribution in [0.3, 0.4) is 0 Å². The van der Waals surface area contributed by atoms with Crippen LogP contribution in [0.1, 0.15) is 68.6 Å². The van der Waals surface area contributed by atoms with E-state index in [-0.39, 0.29) is 17.4 Å². The van der Waals surface area contributed by atoms with Crippen LogP contribution in [0.4, 0.5) is 0 Å². The lowest BCUT2D eigenvalue weighted by Crippen LogP contribution is -2.38. The van der Waals surface area contributed by atoms with Crippen molar-refractivity contribution in [3.63, 3.8) is 0 Å². The zero-order chi connectivity index (χ0) is 21.3. The van der Waals surface area contributed by atoms with E-state index in [0.29, 0.717) is 18.2 Å². The molecule has 3 fully saturated rings. The van der Waals surface area contributed by atoms with E-state index < -0.39 is 0 Å². The van der Waals surface area contributed by atoms with Crippen molar-refractivity contribution >= 4 is 5.91 Å². The van der Waals surface area contributed by atoms with Gasteiger partial charge in [-0.25, -0.2) is 0 Å². The highest BCUT2D eigenvalue weighted by Gasteiger charge is 2.57. The molecule has 2 saturated carbocycles. The Kier molecular flexibility index (Phi) is 5.83. The number of aryl methyl sites for hydroxylation is 1. The van der Waals surface area contributed by atoms with Crippen LogP contribution in [0.25, 0.3) is 0 Å². The molecule has 166 valence electrons. The number of fused-ring (bicyclic) bond motifs is 1. The zero-order valence-corrected chi connectivity index (χ0v) is 18.6. The molecule has 6 nitrogen and oxygen atoms in total. The molecule has 1 aromatic carbocycles. The molecule has 0 bridgehead atoms. The summed E-state index contributed by atoms with van der Waals surface area (Å²) in [5.74, 6) is 2.85. The molecular weight excluding hydrogens is 388 g/mol. The van der Waals surface area contributed by atoms with Gasteiger partial charge < -0.3 is 9.84 Å². The highest BCUT2D eigenvalue weighted by molar-refractivity contribution is 5.76. The van der Waals surface area contributed by atoms with E-state index >= 15 is 0 Å². The summed E-state index contributed by atoms with van der Waals surface area (Å²) >= 11 is 0. The first-order valence-electron chi connectivity index (χ1n) is 12.0. The number of aromatic nitrogens is 2. The molecule has 1 N–H and O–H groups in total. The molecule has 3 atom stereocenters. The zero-order valence-electron chi connectivity index (χ0n) is 18.6. The number of amides is 1. The maximum absolute atomic E-state index is 12.7. The van der Waals surface area contributed by atoms with Crippen LogP contribution in [0.2, 0.25) is 0 Å². The second kappa shape index (κ2) is 8.73. The summed E-state index contributed by atoms with van der Waals surface area (Å²) in [6.45, 7) is 4.73. The standard InChI is InChI=1S/C25H34N4O2/c1-18-26-24(31-28-18)25-14-22(27-23(30)12-11-19-7-5-6-8-19)13-21(25)16-29(17-25)15-20-9-3-2-4-10-20/h2-4,9-10,19,21-22H,5-8,11-17H2,1H3,(H,27,30). The summed E-state index contributed by atoms with van der Waals surface area (Å²) in [6.07, 6.45) is 8.86. The fourth-order valence-electron chi connectivity index (χ4n) is 6.31. The van der Waals surface area contributed by atoms with Crippen LogP contribution < -0.4 is 5.32 Å². The Labute approximate surface area is 184 Å². The van der Waals surface area contributed by atoms with Gasteiger partial charge in [0.05, 0.1) is 5.41 Å². The van der Waals surface area contributed by atoms with Crippen molar-refractivity contribution in [2.24, 2.45) is 11.8 Å². The smallest absolute Gasteiger partial charge is 0.234 e. The Bertz CT molecular complexity index is 892. The number of likely N-dealkylation sites (tertiary alicyclic amines) is 1. The predicted molar refractivity (Wildman–Crippen MR) is 118 cm³/mol. The molecule has 1 aromatic heterocycles. The molecule has 1 amide bonds. The third kappa shape index (κ3) is 4.40. The highest BCUT2D eigenvalue weighted by atomic mass is 16.5. The summed E-state index contributed by atoms with van der Waals surface area (Å²) in [6, 6.07) is 10.8. The van der Waals surface area contributed by atoms with E-state index in [9.17, 15) is 4.79 Å². The fraction of sp³-hybridized carbons (Fsp3) is 0.640. The third-order valence-corrected chi connectivity index (χ3v) is 7.77. The van der Waals surface area contributed by atoms with Gasteiger partial charge >= 0.3 is 0 Å². The number of nitrogens with one attached hydrogen (secondary N) is 1. The van der Waals surface area contributed by atoms with Crippen molar-refractivity contribution in [1.29, 1.82) is 0 Å². The summed E-state index contributed by atoms with van der Waals surface area (Å²) in [7, 11) is 0. The lowest BCUT2D eigenvalue weighted by molar-refractivity contribution is -0.122. The van der Waals surface area contributed by atoms with E-state index in [2.05, 4.69) is 50.7 Å². The van der Waals surface area contributed by atoms with Gasteiger partial charge in [-0.2, -0.15) is 4.98 Å². The van der Waals surface area contributed by atoms with Gasteiger partial charge in [0.1, 0.15) is 0 Å². The highest BCUT2D eigenvalue weighted by Crippen LogP contribution is 2.50. The van der Waals surface area contributed by atoms with Gasteiger partial charge in [-0.15, -0.1) is 0 Å². The van der Waals surface area contributed by atoms with Gasteiger partial charge in [0, 0.05) is 32.1 Å². The van der Waals surface area contributed by atoms with Gasteiger partial charge in [0.15, 0.2) is 5.82 Å². The predicted octanol–water partition coefficient (Wildman–Crippen LogP) is 4.00. The number of carbonyl (C=O) groups is 1. The average Bonchev–Trinajstić information content (AvgIpc) is 3.52. The summed E-state index contributed by atoms with van der Waals surface area (Å²) < 4.78 is 5.72. The first kappa shape index (κ1) is 20.7. The average molecular weight is 423 g/mol. The first-order valence-corrected chi connectivity index (χ1v) is 12.0. The molecule has 1 saturated heterocycles. The van der Waals surface area contributed by atoms with Crippen LogP contribution in [0.15, 0.2) is 34.9 Å². The summed E-state index contributed by atoms with van der Waals surface area (Å²) in [5, 5.41) is 7.44. The molecule has 2 heterocycles. The Balaban J connectivity index is 1.25. The Morgan fingerprint density at radius 1 is 1.26 bits per heavy atom. The molecule has 1 aliphatic heterocycles. The summed E-state index contributed by atoms with van der Waals surface area (Å²) in [5.41, 5.74) is 1.18. The fourth-order valence-corrected chi connectivity index (χ4v) is 6.31. The van der Waals surface area contributed by atoms with Crippen molar-refractivity contribution in [2.45, 2.75) is 76.3 Å². The Morgan fingerprint density at radius 3 is 2.81 bits per heavy atom. The number of rotatable bonds is 7. The molecule has 5 rings (SSSR count). The lowest BCUT2D eigenvalue weighted by Gasteiger charge is -2.25. The van der Waals surface area contributed by atoms with Gasteiger partial charge in [-0.1, -0.05) is 61.2 Å². The van der Waals surface area contributed by atoms with E-state index in [1.54, 1.807) is 0 Å². The third-order valence-electron chi connectivity index (χ3n) is 7.77.